The van der Waals surface area contributed by atoms with Crippen molar-refractivity contribution >= 4 is 5.91 Å². The van der Waals surface area contributed by atoms with Gasteiger partial charge in [0.05, 0.1) is 0 Å². The molecule has 0 spiro atoms. The molecule has 1 heterocycles. The predicted molar refractivity (Wildman–Crippen MR) is 44.2 cm³/mol. The van der Waals surface area contributed by atoms with E-state index in [1.165, 1.54) is 0 Å². The molecular formula is C8H14N2O. The fraction of sp³-hybridized carbons (Fsp3) is 0.625. The van der Waals surface area contributed by atoms with E-state index in [9.17, 15) is 4.79 Å². The summed E-state index contributed by atoms with van der Waals surface area (Å²) in [6.45, 7) is 2.82. The van der Waals surface area contributed by atoms with Gasteiger partial charge in [-0.25, -0.2) is 0 Å². The molecule has 0 aromatic heterocycles. The Morgan fingerprint density at radius 1 is 1.73 bits per heavy atom. The lowest BCUT2D eigenvalue weighted by Gasteiger charge is -2.03. The molecule has 1 aliphatic heterocycles. The number of amides is 1. The summed E-state index contributed by atoms with van der Waals surface area (Å²) in [5.41, 5.74) is 0.909. The third-order valence-corrected chi connectivity index (χ3v) is 1.88. The standard InChI is InChI=1S/C8H14N2O/c1-6(9-2)5-7-3-4-10-8(7)11/h5-6,9H,3-4H2,1-2H3,(H,10,11)/b7-5+/t6-/m1/s1. The lowest BCUT2D eigenvalue weighted by Crippen LogP contribution is -2.20. The van der Waals surface area contributed by atoms with E-state index in [1.54, 1.807) is 0 Å². The van der Waals surface area contributed by atoms with Crippen LogP contribution in [0.5, 0.6) is 0 Å². The molecule has 1 saturated heterocycles. The summed E-state index contributed by atoms with van der Waals surface area (Å²) in [5.74, 6) is 0.0899. The maximum atomic E-state index is 11.0. The molecule has 1 atom stereocenters. The van der Waals surface area contributed by atoms with Crippen molar-refractivity contribution in [1.29, 1.82) is 0 Å². The molecule has 1 rings (SSSR count). The van der Waals surface area contributed by atoms with Gasteiger partial charge >= 0.3 is 0 Å². The maximum absolute atomic E-state index is 11.0. The molecule has 0 bridgehead atoms. The molecule has 1 amide bonds. The molecule has 0 aromatic carbocycles. The van der Waals surface area contributed by atoms with Crippen molar-refractivity contribution in [3.8, 4) is 0 Å². The first-order valence-corrected chi connectivity index (χ1v) is 3.90. The normalized spacial score (nSPS) is 23.8. The summed E-state index contributed by atoms with van der Waals surface area (Å²) in [5, 5.41) is 5.82. The number of nitrogens with one attached hydrogen (secondary N) is 2. The molecule has 3 heteroatoms. The van der Waals surface area contributed by atoms with Crippen LogP contribution in [0, 0.1) is 0 Å². The van der Waals surface area contributed by atoms with Crippen molar-refractivity contribution in [1.82, 2.24) is 10.6 Å². The minimum atomic E-state index is 0.0899. The summed E-state index contributed by atoms with van der Waals surface area (Å²) in [4.78, 5) is 11.0. The van der Waals surface area contributed by atoms with Gasteiger partial charge in [0.2, 0.25) is 5.91 Å². The zero-order valence-electron chi connectivity index (χ0n) is 6.98. The minimum Gasteiger partial charge on any atom is -0.352 e. The van der Waals surface area contributed by atoms with E-state index in [0.29, 0.717) is 0 Å². The van der Waals surface area contributed by atoms with E-state index >= 15 is 0 Å². The van der Waals surface area contributed by atoms with Crippen LogP contribution in [0.2, 0.25) is 0 Å². The van der Waals surface area contributed by atoms with Gasteiger partial charge in [-0.15, -0.1) is 0 Å². The van der Waals surface area contributed by atoms with E-state index in [2.05, 4.69) is 10.6 Å². The Balaban J connectivity index is 2.57. The summed E-state index contributed by atoms with van der Waals surface area (Å²) in [7, 11) is 1.88. The van der Waals surface area contributed by atoms with Crippen molar-refractivity contribution in [3.05, 3.63) is 11.6 Å². The summed E-state index contributed by atoms with van der Waals surface area (Å²) >= 11 is 0. The quantitative estimate of drug-likeness (QED) is 0.551. The van der Waals surface area contributed by atoms with E-state index in [4.69, 9.17) is 0 Å². The lowest BCUT2D eigenvalue weighted by molar-refractivity contribution is -0.116. The Hall–Kier alpha value is -0.830. The number of carbonyl (C=O) groups excluding carboxylic acids is 1. The number of rotatable bonds is 2. The van der Waals surface area contributed by atoms with Gasteiger partial charge < -0.3 is 10.6 Å². The van der Waals surface area contributed by atoms with Crippen molar-refractivity contribution in [2.45, 2.75) is 19.4 Å². The van der Waals surface area contributed by atoms with Gasteiger partial charge in [-0.2, -0.15) is 0 Å². The predicted octanol–water partition coefficient (Wildman–Crippen LogP) is 0.0406. The summed E-state index contributed by atoms with van der Waals surface area (Å²) in [6.07, 6.45) is 2.84. The zero-order chi connectivity index (χ0) is 8.27. The molecule has 62 valence electrons. The molecule has 1 aliphatic rings. The van der Waals surface area contributed by atoms with Crippen LogP contribution in [0.4, 0.5) is 0 Å². The topological polar surface area (TPSA) is 41.1 Å². The van der Waals surface area contributed by atoms with E-state index < -0.39 is 0 Å². The Labute approximate surface area is 66.9 Å². The van der Waals surface area contributed by atoms with Crippen LogP contribution in [0.15, 0.2) is 11.6 Å². The number of hydrogen-bond donors (Lipinski definition) is 2. The molecule has 1 fully saturated rings. The first-order valence-electron chi connectivity index (χ1n) is 3.90. The molecule has 0 unspecified atom stereocenters. The van der Waals surface area contributed by atoms with Crippen LogP contribution in [0.1, 0.15) is 13.3 Å². The zero-order valence-corrected chi connectivity index (χ0v) is 6.98. The highest BCUT2D eigenvalue weighted by Gasteiger charge is 2.15. The van der Waals surface area contributed by atoms with Crippen molar-refractivity contribution in [3.63, 3.8) is 0 Å². The number of hydrogen-bond acceptors (Lipinski definition) is 2. The lowest BCUT2D eigenvalue weighted by atomic mass is 10.1. The van der Waals surface area contributed by atoms with Gasteiger partial charge in [0.25, 0.3) is 0 Å². The van der Waals surface area contributed by atoms with Crippen LogP contribution in [0.3, 0.4) is 0 Å². The molecule has 0 aromatic rings. The molecule has 3 nitrogen and oxygen atoms in total. The van der Waals surface area contributed by atoms with E-state index in [-0.39, 0.29) is 11.9 Å². The monoisotopic (exact) mass is 154 g/mol. The smallest absolute Gasteiger partial charge is 0.247 e. The highest BCUT2D eigenvalue weighted by Crippen LogP contribution is 2.07. The molecule has 2 N–H and O–H groups in total. The number of carbonyl (C=O) groups is 1. The Kier molecular flexibility index (Phi) is 2.65. The number of likely N-dealkylation sites (N-methyl/N-ethyl adjacent to an activating group) is 1. The van der Waals surface area contributed by atoms with Gasteiger partial charge in [-0.1, -0.05) is 6.08 Å². The Morgan fingerprint density at radius 2 is 2.45 bits per heavy atom. The van der Waals surface area contributed by atoms with Crippen LogP contribution in [0.25, 0.3) is 0 Å². The van der Waals surface area contributed by atoms with E-state index in [0.717, 1.165) is 18.5 Å². The van der Waals surface area contributed by atoms with Gasteiger partial charge in [0, 0.05) is 18.2 Å². The van der Waals surface area contributed by atoms with Crippen molar-refractivity contribution < 1.29 is 4.79 Å². The summed E-state index contributed by atoms with van der Waals surface area (Å²) in [6, 6.07) is 0.286. The SMILES string of the molecule is CN[C@H](C)/C=C1\CCNC1=O. The third-order valence-electron chi connectivity index (χ3n) is 1.88. The first-order chi connectivity index (χ1) is 5.24. The third kappa shape index (κ3) is 2.05. The summed E-state index contributed by atoms with van der Waals surface area (Å²) < 4.78 is 0. The molecule has 0 saturated carbocycles. The molecular weight excluding hydrogens is 140 g/mol. The van der Waals surface area contributed by atoms with Gasteiger partial charge in [-0.05, 0) is 20.4 Å². The average Bonchev–Trinajstić information content (AvgIpc) is 2.37. The van der Waals surface area contributed by atoms with Crippen LogP contribution in [-0.2, 0) is 4.79 Å². The molecule has 0 aliphatic carbocycles. The second kappa shape index (κ2) is 3.53. The molecule has 11 heavy (non-hydrogen) atoms. The van der Waals surface area contributed by atoms with Gasteiger partial charge in [-0.3, -0.25) is 4.79 Å². The Bertz CT molecular complexity index is 187. The van der Waals surface area contributed by atoms with E-state index in [1.807, 2.05) is 20.0 Å². The van der Waals surface area contributed by atoms with Crippen molar-refractivity contribution in [2.24, 2.45) is 0 Å². The largest absolute Gasteiger partial charge is 0.352 e. The first kappa shape index (κ1) is 8.27. The molecule has 0 radical (unpaired) electrons. The fourth-order valence-electron chi connectivity index (χ4n) is 1.08. The van der Waals surface area contributed by atoms with Crippen LogP contribution >= 0.6 is 0 Å². The maximum Gasteiger partial charge on any atom is 0.247 e. The highest BCUT2D eigenvalue weighted by atomic mass is 16.1. The van der Waals surface area contributed by atoms with Crippen molar-refractivity contribution in [2.75, 3.05) is 13.6 Å². The highest BCUT2D eigenvalue weighted by molar-refractivity contribution is 5.95. The van der Waals surface area contributed by atoms with Gasteiger partial charge in [0.1, 0.15) is 0 Å². The minimum absolute atomic E-state index is 0.0899. The van der Waals surface area contributed by atoms with Gasteiger partial charge in [0.15, 0.2) is 0 Å². The second-order valence-corrected chi connectivity index (χ2v) is 2.78. The average molecular weight is 154 g/mol. The Morgan fingerprint density at radius 3 is 2.91 bits per heavy atom. The fourth-order valence-corrected chi connectivity index (χ4v) is 1.08. The second-order valence-electron chi connectivity index (χ2n) is 2.78. The van der Waals surface area contributed by atoms with Crippen LogP contribution in [-0.4, -0.2) is 25.5 Å². The van der Waals surface area contributed by atoms with Crippen LogP contribution < -0.4 is 10.6 Å².